The van der Waals surface area contributed by atoms with Crippen LogP contribution in [0.2, 0.25) is 0 Å². The van der Waals surface area contributed by atoms with Gasteiger partial charge < -0.3 is 51.1 Å². The van der Waals surface area contributed by atoms with Crippen LogP contribution in [-0.2, 0) is 42.1 Å². The van der Waals surface area contributed by atoms with Crippen LogP contribution in [0.25, 0.3) is 0 Å². The van der Waals surface area contributed by atoms with Gasteiger partial charge in [-0.1, -0.05) is 13.8 Å². The number of aliphatic hydroxyl groups is 8. The van der Waals surface area contributed by atoms with Crippen LogP contribution in [0.15, 0.2) is 0 Å². The van der Waals surface area contributed by atoms with Gasteiger partial charge in [-0.2, -0.15) is 0 Å². The maximum absolute atomic E-state index is 8.93. The first-order chi connectivity index (χ1) is 14.1. The van der Waals surface area contributed by atoms with Gasteiger partial charge in [-0.15, -0.1) is 13.2 Å². The van der Waals surface area contributed by atoms with Crippen LogP contribution in [0.3, 0.4) is 0 Å². The fraction of sp³-hybridized carbons (Fsp3) is 1.00. The molecule has 0 aromatic heterocycles. The Balaban J connectivity index is -0.0000000138. The van der Waals surface area contributed by atoms with E-state index in [4.69, 9.17) is 51.1 Å². The van der Waals surface area contributed by atoms with Gasteiger partial charge in [0.1, 0.15) is 0 Å². The Hall–Kier alpha value is 0.977. The van der Waals surface area contributed by atoms with Crippen LogP contribution in [-0.4, -0.2) is 107 Å². The standard InChI is InChI=1S/8C2H6O.2C2H5O.2Mo/c10*1-2-3;;/h8*3H,2H2,1H3;2*2H2,1H3;;/q;;;;;;;;2*-1;;. The second-order valence-electron chi connectivity index (χ2n) is 3.11. The van der Waals surface area contributed by atoms with Crippen molar-refractivity contribution in [2.45, 2.75) is 69.2 Å². The summed E-state index contributed by atoms with van der Waals surface area (Å²) in [5.41, 5.74) is 0. The first-order valence-corrected chi connectivity index (χ1v) is 10.2. The maximum atomic E-state index is 8.93. The SMILES string of the molecule is CCO.CCO.CCO.CCO.CCO.CCO.CCO.CCO.CC[O-].CC[O-].[Mo].[Mo]. The normalized spacial score (nSPS) is 5.62. The summed E-state index contributed by atoms with van der Waals surface area (Å²) < 4.78 is 0. The van der Waals surface area contributed by atoms with Crippen LogP contribution in [0.5, 0.6) is 0 Å². The molecule has 0 aliphatic rings. The summed E-state index contributed by atoms with van der Waals surface area (Å²) in [4.78, 5) is 0. The summed E-state index contributed by atoms with van der Waals surface area (Å²) in [5.74, 6) is 0. The van der Waals surface area contributed by atoms with E-state index in [-0.39, 0.29) is 108 Å². The Morgan fingerprint density at radius 1 is 0.312 bits per heavy atom. The molecule has 0 aliphatic carbocycles. The van der Waals surface area contributed by atoms with E-state index in [1.807, 2.05) is 0 Å². The Bertz CT molecular complexity index is 71.6. The van der Waals surface area contributed by atoms with E-state index in [9.17, 15) is 0 Å². The maximum Gasteiger partial charge on any atom is 0.0402 e. The zero-order chi connectivity index (χ0) is 27.1. The van der Waals surface area contributed by atoms with Crippen LogP contribution in [0, 0.1) is 0 Å². The molecule has 0 saturated heterocycles. The minimum absolute atomic E-state index is 0. The van der Waals surface area contributed by atoms with E-state index >= 15 is 0 Å². The summed E-state index contributed by atoms with van der Waals surface area (Å²) in [6.07, 6.45) is 0. The van der Waals surface area contributed by atoms with Crippen molar-refractivity contribution in [3.8, 4) is 0 Å². The molecule has 0 rings (SSSR count). The van der Waals surface area contributed by atoms with Crippen molar-refractivity contribution in [2.75, 3.05) is 66.1 Å². The second kappa shape index (κ2) is 255. The van der Waals surface area contributed by atoms with Crippen LogP contribution < -0.4 is 10.2 Å². The molecule has 12 heteroatoms. The number of aliphatic hydroxyl groups excluding tert-OH is 8. The minimum Gasteiger partial charge on any atom is -0.855 e. The van der Waals surface area contributed by atoms with Gasteiger partial charge in [0.25, 0.3) is 0 Å². The first kappa shape index (κ1) is 76.6. The number of hydrogen-bond donors (Lipinski definition) is 8. The van der Waals surface area contributed by atoms with Gasteiger partial charge >= 0.3 is 0 Å². The van der Waals surface area contributed by atoms with Crippen molar-refractivity contribution < 1.29 is 93.2 Å². The van der Waals surface area contributed by atoms with Gasteiger partial charge in [-0.05, 0) is 55.4 Å². The molecule has 0 aromatic rings. The molecule has 10 nitrogen and oxygen atoms in total. The van der Waals surface area contributed by atoms with E-state index in [0.29, 0.717) is 0 Å². The summed E-state index contributed by atoms with van der Waals surface area (Å²) in [7, 11) is 0. The molecule has 8 N–H and O–H groups in total. The van der Waals surface area contributed by atoms with E-state index in [1.165, 1.54) is 0 Å². The van der Waals surface area contributed by atoms with Crippen LogP contribution in [0.1, 0.15) is 69.2 Å². The second-order valence-corrected chi connectivity index (χ2v) is 3.11. The van der Waals surface area contributed by atoms with Gasteiger partial charge in [0.15, 0.2) is 0 Å². The predicted octanol–water partition coefficient (Wildman–Crippen LogP) is -1.28. The smallest absolute Gasteiger partial charge is 0.0402 e. The van der Waals surface area contributed by atoms with E-state index < -0.39 is 0 Å². The molecule has 0 fully saturated rings. The fourth-order valence-corrected chi connectivity index (χ4v) is 0. The summed E-state index contributed by atoms with van der Waals surface area (Å²) in [6, 6.07) is 0. The van der Waals surface area contributed by atoms with Crippen molar-refractivity contribution in [1.82, 2.24) is 0 Å². The number of hydrogen-bond acceptors (Lipinski definition) is 10. The molecule has 32 heavy (non-hydrogen) atoms. The molecule has 0 spiro atoms. The zero-order valence-corrected chi connectivity index (χ0v) is 26.3. The van der Waals surface area contributed by atoms with Crippen molar-refractivity contribution in [2.24, 2.45) is 0 Å². The minimum atomic E-state index is 0. The third kappa shape index (κ3) is 29200. The van der Waals surface area contributed by atoms with Gasteiger partial charge in [0.05, 0.1) is 0 Å². The van der Waals surface area contributed by atoms with Gasteiger partial charge in [-0.25, -0.2) is 0 Å². The van der Waals surface area contributed by atoms with Crippen LogP contribution in [0.4, 0.5) is 0 Å². The van der Waals surface area contributed by atoms with Crippen molar-refractivity contribution in [3.63, 3.8) is 0 Å². The van der Waals surface area contributed by atoms with Crippen molar-refractivity contribution in [1.29, 1.82) is 0 Å². The monoisotopic (exact) mass is 654 g/mol. The molecule has 0 unspecified atom stereocenters. The molecule has 0 saturated carbocycles. The molecule has 0 atom stereocenters. The van der Waals surface area contributed by atoms with E-state index in [2.05, 4.69) is 0 Å². The first-order valence-electron chi connectivity index (χ1n) is 10.2. The summed E-state index contributed by atoms with van der Waals surface area (Å²) in [6.45, 7) is 18.6. The van der Waals surface area contributed by atoms with Crippen molar-refractivity contribution in [3.05, 3.63) is 0 Å². The van der Waals surface area contributed by atoms with E-state index in [1.54, 1.807) is 69.2 Å². The molecule has 0 heterocycles. The van der Waals surface area contributed by atoms with Crippen LogP contribution >= 0.6 is 0 Å². The predicted molar refractivity (Wildman–Crippen MR) is 123 cm³/mol. The van der Waals surface area contributed by atoms with Gasteiger partial charge in [0.2, 0.25) is 0 Å². The molecular weight excluding hydrogens is 592 g/mol. The summed E-state index contributed by atoms with van der Waals surface area (Å²) >= 11 is 0. The molecular formula is C20H58Mo2O10-2. The molecule has 0 aliphatic heterocycles. The number of rotatable bonds is 0. The molecule has 0 aromatic carbocycles. The van der Waals surface area contributed by atoms with Gasteiger partial charge in [0, 0.05) is 95.0 Å². The van der Waals surface area contributed by atoms with E-state index in [0.717, 1.165) is 0 Å². The zero-order valence-electron chi connectivity index (χ0n) is 22.3. The average Bonchev–Trinajstić information content (AvgIpc) is 2.61. The topological polar surface area (TPSA) is 208 Å². The molecule has 212 valence electrons. The van der Waals surface area contributed by atoms with Gasteiger partial charge in [-0.3, -0.25) is 0 Å². The third-order valence-corrected chi connectivity index (χ3v) is 0. The third-order valence-electron chi connectivity index (χ3n) is 0. The quantitative estimate of drug-likeness (QED) is 0.146. The fourth-order valence-electron chi connectivity index (χ4n) is 0. The average molecular weight is 651 g/mol. The largest absolute Gasteiger partial charge is 0.855 e. The Morgan fingerprint density at radius 3 is 0.312 bits per heavy atom. The Labute approximate surface area is 227 Å². The Kier molecular flexibility index (Phi) is 610. The van der Waals surface area contributed by atoms with Crippen molar-refractivity contribution >= 4 is 0 Å². The summed E-state index contributed by atoms with van der Waals surface area (Å²) in [5, 5.41) is 78.4. The molecule has 0 amide bonds. The molecule has 0 radical (unpaired) electrons. The Morgan fingerprint density at radius 2 is 0.312 bits per heavy atom. The molecule has 0 bridgehead atoms.